The summed E-state index contributed by atoms with van der Waals surface area (Å²) in [6.45, 7) is 2.00. The number of aromatic nitrogens is 4. The van der Waals surface area contributed by atoms with Crippen LogP contribution in [-0.4, -0.2) is 31.4 Å². The van der Waals surface area contributed by atoms with Crippen molar-refractivity contribution in [1.82, 2.24) is 30.4 Å². The maximum Gasteiger partial charge on any atom is 0.275 e. The average molecular weight is 489 g/mol. The number of para-hydroxylation sites is 2. The first-order valence-electron chi connectivity index (χ1n) is 11.6. The lowest BCUT2D eigenvalue weighted by Gasteiger charge is -2.11. The van der Waals surface area contributed by atoms with Crippen molar-refractivity contribution in [1.29, 1.82) is 0 Å². The van der Waals surface area contributed by atoms with E-state index in [-0.39, 0.29) is 16.8 Å². The van der Waals surface area contributed by atoms with Crippen molar-refractivity contribution >= 4 is 39.3 Å². The summed E-state index contributed by atoms with van der Waals surface area (Å²) in [7, 11) is 0. The van der Waals surface area contributed by atoms with Gasteiger partial charge in [0.1, 0.15) is 11.2 Å². The molecule has 3 aromatic carbocycles. The van der Waals surface area contributed by atoms with Crippen LogP contribution in [0.5, 0.6) is 0 Å². The zero-order valence-electron chi connectivity index (χ0n) is 19.6. The van der Waals surface area contributed by atoms with Gasteiger partial charge < -0.3 is 4.98 Å². The van der Waals surface area contributed by atoms with Crippen LogP contribution < -0.4 is 16.4 Å². The maximum absolute atomic E-state index is 13.2. The molecule has 6 rings (SSSR count). The van der Waals surface area contributed by atoms with Gasteiger partial charge in [-0.15, -0.1) is 0 Å². The van der Waals surface area contributed by atoms with Crippen molar-refractivity contribution in [2.75, 3.05) is 0 Å². The molecule has 0 saturated heterocycles. The zero-order valence-corrected chi connectivity index (χ0v) is 19.6. The van der Waals surface area contributed by atoms with Gasteiger partial charge in [0.2, 0.25) is 0 Å². The van der Waals surface area contributed by atoms with Crippen LogP contribution in [-0.2, 0) is 0 Å². The third-order valence-electron chi connectivity index (χ3n) is 6.22. The minimum Gasteiger partial charge on any atom is -0.306 e. The molecule has 0 unspecified atom stereocenters. The molecule has 0 atom stereocenters. The van der Waals surface area contributed by atoms with Crippen LogP contribution in [0.25, 0.3) is 38.7 Å². The van der Waals surface area contributed by atoms with Crippen LogP contribution in [0.1, 0.15) is 26.3 Å². The molecule has 180 valence electrons. The van der Waals surface area contributed by atoms with Gasteiger partial charge in [0, 0.05) is 10.9 Å². The first-order valence-corrected chi connectivity index (χ1v) is 11.6. The van der Waals surface area contributed by atoms with Crippen LogP contribution in [0, 0.1) is 6.92 Å². The number of carbonyl (C=O) groups is 2. The van der Waals surface area contributed by atoms with E-state index in [4.69, 9.17) is 4.98 Å². The molecule has 37 heavy (non-hydrogen) atoms. The van der Waals surface area contributed by atoms with E-state index in [2.05, 4.69) is 20.9 Å². The van der Waals surface area contributed by atoms with Gasteiger partial charge in [-0.25, -0.2) is 9.50 Å². The Kier molecular flexibility index (Phi) is 5.23. The third kappa shape index (κ3) is 3.88. The van der Waals surface area contributed by atoms with E-state index in [1.54, 1.807) is 36.4 Å². The molecule has 0 aliphatic heterocycles. The predicted molar refractivity (Wildman–Crippen MR) is 140 cm³/mol. The number of fused-ring (bicyclic) bond motifs is 4. The first-order chi connectivity index (χ1) is 18.0. The van der Waals surface area contributed by atoms with Gasteiger partial charge in [0.25, 0.3) is 17.4 Å². The van der Waals surface area contributed by atoms with E-state index in [1.807, 2.05) is 49.4 Å². The molecule has 3 aromatic heterocycles. The van der Waals surface area contributed by atoms with Gasteiger partial charge in [-0.1, -0.05) is 60.2 Å². The van der Waals surface area contributed by atoms with Crippen molar-refractivity contribution in [3.63, 3.8) is 0 Å². The van der Waals surface area contributed by atoms with E-state index < -0.39 is 11.8 Å². The van der Waals surface area contributed by atoms with Crippen molar-refractivity contribution in [3.8, 4) is 11.3 Å². The number of pyridine rings is 1. The standard InChI is InChI=1S/C28H20N6O3/c1-16-10-12-17(13-11-16)23-14-20(18-6-2-4-8-22(18)30-23)27(36)32-33-28(37)21-15-29-34-24-9-5-3-7-19(24)26(35)31-25(21)34/h2-15H,1H3,(H,31,35)(H,32,36)(H,33,37). The number of nitrogens with one attached hydrogen (secondary N) is 3. The molecule has 0 saturated carbocycles. The Morgan fingerprint density at radius 2 is 1.51 bits per heavy atom. The number of carbonyl (C=O) groups excluding carboxylic acids is 2. The first kappa shape index (κ1) is 22.2. The highest BCUT2D eigenvalue weighted by atomic mass is 16.2. The van der Waals surface area contributed by atoms with Gasteiger partial charge >= 0.3 is 0 Å². The minimum atomic E-state index is -0.619. The van der Waals surface area contributed by atoms with Crippen LogP contribution in [0.3, 0.4) is 0 Å². The second-order valence-corrected chi connectivity index (χ2v) is 8.64. The van der Waals surface area contributed by atoms with Crippen molar-refractivity contribution in [3.05, 3.63) is 112 Å². The Labute approximate surface area is 209 Å². The molecule has 3 heterocycles. The summed E-state index contributed by atoms with van der Waals surface area (Å²) in [6.07, 6.45) is 1.34. The third-order valence-corrected chi connectivity index (χ3v) is 6.22. The number of aromatic amines is 1. The van der Waals surface area contributed by atoms with Crippen molar-refractivity contribution in [2.24, 2.45) is 0 Å². The zero-order chi connectivity index (χ0) is 25.5. The van der Waals surface area contributed by atoms with Crippen molar-refractivity contribution < 1.29 is 9.59 Å². The van der Waals surface area contributed by atoms with E-state index in [0.717, 1.165) is 11.1 Å². The molecule has 6 aromatic rings. The molecule has 0 aliphatic rings. The van der Waals surface area contributed by atoms with Gasteiger partial charge in [-0.05, 0) is 31.2 Å². The largest absolute Gasteiger partial charge is 0.306 e. The Bertz CT molecular complexity index is 1900. The Morgan fingerprint density at radius 1 is 0.838 bits per heavy atom. The fourth-order valence-electron chi connectivity index (χ4n) is 4.33. The Morgan fingerprint density at radius 3 is 2.30 bits per heavy atom. The summed E-state index contributed by atoms with van der Waals surface area (Å²) >= 11 is 0. The highest BCUT2D eigenvalue weighted by Crippen LogP contribution is 2.25. The fourth-order valence-corrected chi connectivity index (χ4v) is 4.33. The van der Waals surface area contributed by atoms with E-state index in [0.29, 0.717) is 33.1 Å². The molecule has 0 spiro atoms. The molecular formula is C28H20N6O3. The lowest BCUT2D eigenvalue weighted by molar-refractivity contribution is 0.0848. The SMILES string of the molecule is Cc1ccc(-c2cc(C(=O)NNC(=O)c3cnn4c3[nH]c(=O)c3ccccc34)c3ccccc3n2)cc1. The summed E-state index contributed by atoms with van der Waals surface area (Å²) < 4.78 is 1.48. The van der Waals surface area contributed by atoms with Gasteiger partial charge in [0.05, 0.1) is 33.9 Å². The number of amides is 2. The second kappa shape index (κ2) is 8.72. The predicted octanol–water partition coefficient (Wildman–Crippen LogP) is 3.77. The number of benzene rings is 3. The Hall–Kier alpha value is -5.31. The molecular weight excluding hydrogens is 468 g/mol. The number of hydrogen-bond acceptors (Lipinski definition) is 5. The molecule has 0 bridgehead atoms. The quantitative estimate of drug-likeness (QED) is 0.328. The lowest BCUT2D eigenvalue weighted by atomic mass is 10.0. The molecule has 0 aliphatic carbocycles. The smallest absolute Gasteiger partial charge is 0.275 e. The van der Waals surface area contributed by atoms with Crippen LogP contribution in [0.4, 0.5) is 0 Å². The minimum absolute atomic E-state index is 0.114. The average Bonchev–Trinajstić information content (AvgIpc) is 3.35. The lowest BCUT2D eigenvalue weighted by Crippen LogP contribution is -2.41. The van der Waals surface area contributed by atoms with E-state index in [9.17, 15) is 14.4 Å². The number of hydrogen-bond donors (Lipinski definition) is 3. The number of hydrazine groups is 1. The number of aryl methyl sites for hydroxylation is 1. The molecule has 9 heteroatoms. The normalized spacial score (nSPS) is 11.2. The molecule has 2 amide bonds. The van der Waals surface area contributed by atoms with Crippen LogP contribution in [0.2, 0.25) is 0 Å². The fraction of sp³-hybridized carbons (Fsp3) is 0.0357. The van der Waals surface area contributed by atoms with Crippen LogP contribution in [0.15, 0.2) is 89.9 Å². The summed E-state index contributed by atoms with van der Waals surface area (Å²) in [5.41, 5.74) is 9.15. The summed E-state index contributed by atoms with van der Waals surface area (Å²) in [5.74, 6) is -1.12. The van der Waals surface area contributed by atoms with Gasteiger partial charge in [-0.2, -0.15) is 5.10 Å². The summed E-state index contributed by atoms with van der Waals surface area (Å²) in [4.78, 5) is 46.1. The van der Waals surface area contributed by atoms with Crippen molar-refractivity contribution in [2.45, 2.75) is 6.92 Å². The van der Waals surface area contributed by atoms with Gasteiger partial charge in [-0.3, -0.25) is 25.2 Å². The highest BCUT2D eigenvalue weighted by molar-refractivity contribution is 6.08. The molecule has 0 fully saturated rings. The number of nitrogens with zero attached hydrogens (tertiary/aromatic N) is 3. The van der Waals surface area contributed by atoms with E-state index >= 15 is 0 Å². The number of H-pyrrole nitrogens is 1. The van der Waals surface area contributed by atoms with Crippen LogP contribution >= 0.6 is 0 Å². The molecule has 0 radical (unpaired) electrons. The Balaban J connectivity index is 1.31. The van der Waals surface area contributed by atoms with E-state index in [1.165, 1.54) is 10.7 Å². The maximum atomic E-state index is 13.2. The van der Waals surface area contributed by atoms with Gasteiger partial charge in [0.15, 0.2) is 0 Å². The topological polar surface area (TPSA) is 121 Å². The summed E-state index contributed by atoms with van der Waals surface area (Å²) in [6, 6.07) is 23.8. The molecule has 9 nitrogen and oxygen atoms in total. The number of rotatable bonds is 3. The second-order valence-electron chi connectivity index (χ2n) is 8.64. The summed E-state index contributed by atoms with van der Waals surface area (Å²) in [5, 5.41) is 5.35. The highest BCUT2D eigenvalue weighted by Gasteiger charge is 2.19. The molecule has 3 N–H and O–H groups in total. The monoisotopic (exact) mass is 488 g/mol.